The zero-order valence-corrected chi connectivity index (χ0v) is 15.8. The fraction of sp³-hybridized carbons (Fsp3) is 0.400. The van der Waals surface area contributed by atoms with Gasteiger partial charge in [0.2, 0.25) is 0 Å². The average Bonchev–Trinajstić information content (AvgIpc) is 3.18. The van der Waals surface area contributed by atoms with Crippen molar-refractivity contribution in [1.82, 2.24) is 19.3 Å². The molecule has 2 N–H and O–H groups in total. The molecule has 0 saturated heterocycles. The van der Waals surface area contributed by atoms with E-state index in [0.717, 1.165) is 12.4 Å². The molecule has 0 amide bonds. The van der Waals surface area contributed by atoms with Gasteiger partial charge in [-0.15, -0.1) is 0 Å². The molecule has 0 aliphatic rings. The van der Waals surface area contributed by atoms with E-state index in [2.05, 4.69) is 83.5 Å². The number of nitrogens with two attached hydrogens (primary N) is 1. The first kappa shape index (κ1) is 17.4. The lowest BCUT2D eigenvalue weighted by Crippen LogP contribution is -2.83. The topological polar surface area (TPSA) is 52.2 Å². The van der Waals surface area contributed by atoms with Crippen molar-refractivity contribution < 1.29 is 5.32 Å². The number of pyridine rings is 1. The number of aromatic nitrogens is 4. The van der Waals surface area contributed by atoms with Crippen molar-refractivity contribution >= 4 is 0 Å². The second-order valence-electron chi connectivity index (χ2n) is 6.97. The molecular weight excluding hydrogens is 310 g/mol. The summed E-state index contributed by atoms with van der Waals surface area (Å²) in [7, 11) is 0. The van der Waals surface area contributed by atoms with Crippen molar-refractivity contribution in [2.24, 2.45) is 0 Å². The molecule has 0 spiro atoms. The van der Waals surface area contributed by atoms with Gasteiger partial charge in [-0.2, -0.15) is 5.10 Å². The summed E-state index contributed by atoms with van der Waals surface area (Å²) < 4.78 is 4.39. The average molecular weight is 338 g/mol. The molecule has 0 saturated carbocycles. The fourth-order valence-electron chi connectivity index (χ4n) is 3.38. The molecule has 0 bridgehead atoms. The Bertz CT molecular complexity index is 829. The molecule has 3 rings (SSSR count). The number of aryl methyl sites for hydroxylation is 1. The number of hydrogen-bond donors (Lipinski definition) is 1. The standard InChI is InChI=1S/C20H27N5/c1-14(2)25-20(8-11-23-25)24-15(3)12-19(17(24)5)13-22-16(4)18-6-9-21-10-7-18/h6-12,14,16,22H,13H2,1-5H3/p+1/t16-/m1/s1. The lowest BCUT2D eigenvalue weighted by atomic mass is 10.1. The summed E-state index contributed by atoms with van der Waals surface area (Å²) in [5.74, 6) is 1.14. The maximum Gasteiger partial charge on any atom is 0.135 e. The van der Waals surface area contributed by atoms with E-state index in [0.29, 0.717) is 12.1 Å². The lowest BCUT2D eigenvalue weighted by molar-refractivity contribution is -0.708. The molecule has 3 heterocycles. The third-order valence-corrected chi connectivity index (χ3v) is 4.83. The van der Waals surface area contributed by atoms with Crippen LogP contribution in [0.15, 0.2) is 42.9 Å². The number of hydrogen-bond acceptors (Lipinski definition) is 2. The van der Waals surface area contributed by atoms with Gasteiger partial charge < -0.3 is 9.88 Å². The first-order valence-corrected chi connectivity index (χ1v) is 8.94. The summed E-state index contributed by atoms with van der Waals surface area (Å²) in [4.78, 5) is 4.10. The minimum Gasteiger partial charge on any atom is -0.336 e. The number of nitrogens with zero attached hydrogens (tertiary/aromatic N) is 4. The first-order chi connectivity index (χ1) is 12.0. The monoisotopic (exact) mass is 338 g/mol. The highest BCUT2D eigenvalue weighted by atomic mass is 15.3. The highest BCUT2D eigenvalue weighted by Gasteiger charge is 2.17. The van der Waals surface area contributed by atoms with Crippen LogP contribution < -0.4 is 5.32 Å². The molecule has 0 aliphatic carbocycles. The van der Waals surface area contributed by atoms with Crippen LogP contribution in [-0.4, -0.2) is 19.3 Å². The van der Waals surface area contributed by atoms with E-state index in [-0.39, 0.29) is 0 Å². The maximum atomic E-state index is 4.48. The summed E-state index contributed by atoms with van der Waals surface area (Å²) in [6, 6.07) is 9.31. The van der Waals surface area contributed by atoms with Gasteiger partial charge in [-0.25, -0.2) is 4.68 Å². The SMILES string of the molecule is Cc1cc(C[NH2+][C@H](C)c2ccncc2)c(C)n1-c1ccnn1C(C)C. The normalized spacial score (nSPS) is 12.7. The van der Waals surface area contributed by atoms with Crippen LogP contribution in [0.1, 0.15) is 55.4 Å². The van der Waals surface area contributed by atoms with E-state index in [1.807, 2.05) is 18.6 Å². The Morgan fingerprint density at radius 3 is 2.44 bits per heavy atom. The molecular formula is C20H28N5+. The van der Waals surface area contributed by atoms with Crippen LogP contribution >= 0.6 is 0 Å². The second kappa shape index (κ2) is 7.23. The molecule has 3 aromatic heterocycles. The van der Waals surface area contributed by atoms with E-state index < -0.39 is 0 Å². The van der Waals surface area contributed by atoms with Gasteiger partial charge in [-0.3, -0.25) is 4.98 Å². The molecule has 0 aliphatic heterocycles. The van der Waals surface area contributed by atoms with E-state index in [1.165, 1.54) is 22.5 Å². The predicted octanol–water partition coefficient (Wildman–Crippen LogP) is 3.09. The Labute approximate surface area is 149 Å². The van der Waals surface area contributed by atoms with Crippen LogP contribution in [0.4, 0.5) is 0 Å². The number of quaternary nitrogens is 1. The van der Waals surface area contributed by atoms with Crippen LogP contribution in [0.2, 0.25) is 0 Å². The third kappa shape index (κ3) is 3.51. The molecule has 25 heavy (non-hydrogen) atoms. The molecule has 0 fully saturated rings. The van der Waals surface area contributed by atoms with E-state index >= 15 is 0 Å². The minimum absolute atomic E-state index is 0.341. The Morgan fingerprint density at radius 1 is 1.04 bits per heavy atom. The summed E-state index contributed by atoms with van der Waals surface area (Å²) >= 11 is 0. The molecule has 0 radical (unpaired) electrons. The quantitative estimate of drug-likeness (QED) is 0.751. The molecule has 0 unspecified atom stereocenters. The number of rotatable bonds is 6. The van der Waals surface area contributed by atoms with Crippen LogP contribution in [0, 0.1) is 13.8 Å². The van der Waals surface area contributed by atoms with Gasteiger partial charge in [0, 0.05) is 47.0 Å². The van der Waals surface area contributed by atoms with Crippen LogP contribution in [-0.2, 0) is 6.54 Å². The van der Waals surface area contributed by atoms with Crippen molar-refractivity contribution in [2.45, 2.75) is 53.2 Å². The maximum absolute atomic E-state index is 4.48. The fourth-order valence-corrected chi connectivity index (χ4v) is 3.38. The summed E-state index contributed by atoms with van der Waals surface area (Å²) in [5.41, 5.74) is 5.22. The Balaban J connectivity index is 1.82. The summed E-state index contributed by atoms with van der Waals surface area (Å²) in [6.07, 6.45) is 5.60. The molecule has 1 atom stereocenters. The molecule has 3 aromatic rings. The molecule has 132 valence electrons. The van der Waals surface area contributed by atoms with Crippen LogP contribution in [0.25, 0.3) is 5.82 Å². The van der Waals surface area contributed by atoms with E-state index in [1.54, 1.807) is 0 Å². The van der Waals surface area contributed by atoms with E-state index in [9.17, 15) is 0 Å². The third-order valence-electron chi connectivity index (χ3n) is 4.83. The molecule has 5 nitrogen and oxygen atoms in total. The van der Waals surface area contributed by atoms with Gasteiger partial charge in [0.1, 0.15) is 18.4 Å². The summed E-state index contributed by atoms with van der Waals surface area (Å²) in [6.45, 7) is 11.9. The van der Waals surface area contributed by atoms with Gasteiger partial charge in [0.05, 0.1) is 6.20 Å². The highest BCUT2D eigenvalue weighted by Crippen LogP contribution is 2.22. The predicted molar refractivity (Wildman–Crippen MR) is 99.7 cm³/mol. The molecule has 0 aromatic carbocycles. The van der Waals surface area contributed by atoms with Crippen molar-refractivity contribution in [3.8, 4) is 5.82 Å². The highest BCUT2D eigenvalue weighted by molar-refractivity contribution is 5.36. The first-order valence-electron chi connectivity index (χ1n) is 8.94. The Kier molecular flexibility index (Phi) is 5.04. The lowest BCUT2D eigenvalue weighted by Gasteiger charge is -2.15. The van der Waals surface area contributed by atoms with Crippen LogP contribution in [0.3, 0.4) is 0 Å². The van der Waals surface area contributed by atoms with Crippen molar-refractivity contribution in [2.75, 3.05) is 0 Å². The Hall–Kier alpha value is -2.40. The van der Waals surface area contributed by atoms with E-state index in [4.69, 9.17) is 0 Å². The minimum atomic E-state index is 0.341. The van der Waals surface area contributed by atoms with Gasteiger partial charge in [0.15, 0.2) is 0 Å². The zero-order valence-electron chi connectivity index (χ0n) is 15.8. The second-order valence-corrected chi connectivity index (χ2v) is 6.97. The summed E-state index contributed by atoms with van der Waals surface area (Å²) in [5, 5.41) is 6.86. The van der Waals surface area contributed by atoms with Crippen LogP contribution in [0.5, 0.6) is 0 Å². The van der Waals surface area contributed by atoms with Gasteiger partial charge in [0.25, 0.3) is 0 Å². The van der Waals surface area contributed by atoms with Gasteiger partial charge in [-0.05, 0) is 52.8 Å². The van der Waals surface area contributed by atoms with Gasteiger partial charge in [-0.1, -0.05) is 0 Å². The zero-order chi connectivity index (χ0) is 18.0. The van der Waals surface area contributed by atoms with Crippen molar-refractivity contribution in [3.63, 3.8) is 0 Å². The van der Waals surface area contributed by atoms with Crippen molar-refractivity contribution in [3.05, 3.63) is 65.4 Å². The molecule has 5 heteroatoms. The largest absolute Gasteiger partial charge is 0.336 e. The Morgan fingerprint density at radius 2 is 1.76 bits per heavy atom. The van der Waals surface area contributed by atoms with Crippen molar-refractivity contribution in [1.29, 1.82) is 0 Å². The smallest absolute Gasteiger partial charge is 0.135 e. The van der Waals surface area contributed by atoms with Gasteiger partial charge >= 0.3 is 0 Å².